The van der Waals surface area contributed by atoms with Crippen molar-refractivity contribution in [3.05, 3.63) is 49.8 Å². The van der Waals surface area contributed by atoms with E-state index in [0.717, 1.165) is 4.83 Å². The molecule has 0 aliphatic heterocycles. The third-order valence-electron chi connectivity index (χ3n) is 2.92. The van der Waals surface area contributed by atoms with Gasteiger partial charge in [0.1, 0.15) is 10.6 Å². The van der Waals surface area contributed by atoms with Crippen LogP contribution in [0.4, 0.5) is 0 Å². The Morgan fingerprint density at radius 3 is 2.95 bits per heavy atom. The molecule has 0 saturated carbocycles. The number of aromatic amines is 1. The van der Waals surface area contributed by atoms with Gasteiger partial charge in [-0.2, -0.15) is 0 Å². The van der Waals surface area contributed by atoms with Crippen LogP contribution in [0.25, 0.3) is 15.9 Å². The molecule has 0 fully saturated rings. The first kappa shape index (κ1) is 13.4. The van der Waals surface area contributed by atoms with E-state index >= 15 is 0 Å². The number of benzene rings is 1. The molecule has 1 aromatic carbocycles. The second-order valence-corrected chi connectivity index (χ2v) is 5.76. The first-order valence-corrected chi connectivity index (χ1v) is 7.35. The molecule has 4 nitrogen and oxygen atoms in total. The van der Waals surface area contributed by atoms with E-state index in [1.807, 2.05) is 5.38 Å². The molecule has 0 spiro atoms. The Kier molecular flexibility index (Phi) is 3.37. The van der Waals surface area contributed by atoms with Gasteiger partial charge >= 0.3 is 0 Å². The van der Waals surface area contributed by atoms with Crippen LogP contribution in [0.3, 0.4) is 0 Å². The summed E-state index contributed by atoms with van der Waals surface area (Å²) in [7, 11) is 1.52. The highest BCUT2D eigenvalue weighted by Gasteiger charge is 2.10. The summed E-state index contributed by atoms with van der Waals surface area (Å²) in [6.45, 7) is 0. The van der Waals surface area contributed by atoms with Gasteiger partial charge in [0.25, 0.3) is 5.56 Å². The third-order valence-corrected chi connectivity index (χ3v) is 4.34. The van der Waals surface area contributed by atoms with E-state index in [9.17, 15) is 4.79 Å². The van der Waals surface area contributed by atoms with Crippen LogP contribution in [0.1, 0.15) is 0 Å². The average molecular weight is 325 g/mol. The summed E-state index contributed by atoms with van der Waals surface area (Å²) in [4.78, 5) is 16.3. The topological polar surface area (TPSA) is 47.0 Å². The third kappa shape index (κ3) is 2.06. The second-order valence-electron chi connectivity index (χ2n) is 4.05. The van der Waals surface area contributed by atoms with Crippen molar-refractivity contribution in [3.8, 4) is 11.4 Å². The van der Waals surface area contributed by atoms with Crippen LogP contribution in [0.2, 0.25) is 5.02 Å². The highest BCUT2D eigenvalue weighted by molar-refractivity contribution is 7.71. The number of halogens is 1. The van der Waals surface area contributed by atoms with Gasteiger partial charge in [0, 0.05) is 6.07 Å². The fraction of sp³-hybridized carbons (Fsp3) is 0.0769. The van der Waals surface area contributed by atoms with Crippen molar-refractivity contribution in [1.29, 1.82) is 0 Å². The van der Waals surface area contributed by atoms with Crippen molar-refractivity contribution in [1.82, 2.24) is 9.55 Å². The largest absolute Gasteiger partial charge is 0.495 e. The lowest BCUT2D eigenvalue weighted by Crippen LogP contribution is -2.19. The zero-order valence-electron chi connectivity index (χ0n) is 10.3. The van der Waals surface area contributed by atoms with Crippen molar-refractivity contribution in [2.75, 3.05) is 7.11 Å². The quantitative estimate of drug-likeness (QED) is 0.730. The predicted octanol–water partition coefficient (Wildman–Crippen LogP) is 3.77. The molecule has 2 heterocycles. The van der Waals surface area contributed by atoms with Gasteiger partial charge in [-0.05, 0) is 35.8 Å². The normalized spacial score (nSPS) is 10.9. The van der Waals surface area contributed by atoms with Gasteiger partial charge in [-0.1, -0.05) is 11.6 Å². The molecule has 0 amide bonds. The van der Waals surface area contributed by atoms with E-state index < -0.39 is 0 Å². The summed E-state index contributed by atoms with van der Waals surface area (Å²) in [5.41, 5.74) is 0.458. The summed E-state index contributed by atoms with van der Waals surface area (Å²) < 4.78 is 6.95. The Hall–Kier alpha value is -1.63. The molecule has 102 valence electrons. The minimum absolute atomic E-state index is 0.158. The number of nitrogens with zero attached hydrogens (tertiary/aromatic N) is 1. The number of nitrogens with one attached hydrogen (secondary N) is 1. The zero-order chi connectivity index (χ0) is 14.3. The van der Waals surface area contributed by atoms with Crippen LogP contribution in [0.15, 0.2) is 34.4 Å². The van der Waals surface area contributed by atoms with Gasteiger partial charge in [-0.3, -0.25) is 9.36 Å². The van der Waals surface area contributed by atoms with Crippen LogP contribution >= 0.6 is 35.2 Å². The molecule has 3 rings (SSSR count). The number of aromatic nitrogens is 2. The minimum atomic E-state index is -0.158. The molecule has 0 unspecified atom stereocenters. The van der Waals surface area contributed by atoms with Crippen molar-refractivity contribution in [2.24, 2.45) is 0 Å². The van der Waals surface area contributed by atoms with Gasteiger partial charge < -0.3 is 9.72 Å². The molecule has 20 heavy (non-hydrogen) atoms. The van der Waals surface area contributed by atoms with Gasteiger partial charge in [-0.15, -0.1) is 11.3 Å². The van der Waals surface area contributed by atoms with E-state index in [0.29, 0.717) is 26.6 Å². The maximum atomic E-state index is 12.5. The van der Waals surface area contributed by atoms with Crippen LogP contribution in [0, 0.1) is 4.77 Å². The number of methoxy groups -OCH3 is 1. The van der Waals surface area contributed by atoms with Crippen molar-refractivity contribution in [2.45, 2.75) is 0 Å². The van der Waals surface area contributed by atoms with Crippen molar-refractivity contribution in [3.63, 3.8) is 0 Å². The second kappa shape index (κ2) is 5.05. The Bertz CT molecular complexity index is 911. The summed E-state index contributed by atoms with van der Waals surface area (Å²) in [5, 5.41) is 2.94. The molecular formula is C13H9ClN2O2S2. The molecule has 0 aliphatic rings. The van der Waals surface area contributed by atoms with Crippen molar-refractivity contribution < 1.29 is 4.74 Å². The van der Waals surface area contributed by atoms with Crippen LogP contribution < -0.4 is 10.3 Å². The summed E-state index contributed by atoms with van der Waals surface area (Å²) in [6, 6.07) is 6.87. The van der Waals surface area contributed by atoms with Crippen LogP contribution in [-0.2, 0) is 0 Å². The fourth-order valence-corrected chi connectivity index (χ4v) is 3.29. The van der Waals surface area contributed by atoms with Crippen LogP contribution in [-0.4, -0.2) is 16.7 Å². The molecule has 0 radical (unpaired) electrons. The number of hydrogen-bond acceptors (Lipinski definition) is 4. The summed E-state index contributed by atoms with van der Waals surface area (Å²) in [6.07, 6.45) is 0. The molecule has 0 saturated heterocycles. The molecule has 0 aliphatic carbocycles. The molecular weight excluding hydrogens is 316 g/mol. The van der Waals surface area contributed by atoms with E-state index in [1.54, 1.807) is 24.3 Å². The van der Waals surface area contributed by atoms with E-state index in [1.165, 1.54) is 23.0 Å². The first-order valence-electron chi connectivity index (χ1n) is 5.68. The Labute approximate surface area is 128 Å². The number of hydrogen-bond donors (Lipinski definition) is 1. The zero-order valence-corrected chi connectivity index (χ0v) is 12.7. The lowest BCUT2D eigenvalue weighted by molar-refractivity contribution is 0.415. The van der Waals surface area contributed by atoms with E-state index in [2.05, 4.69) is 4.98 Å². The molecule has 3 aromatic rings. The van der Waals surface area contributed by atoms with Gasteiger partial charge in [0.15, 0.2) is 4.77 Å². The van der Waals surface area contributed by atoms with E-state index in [4.69, 9.17) is 28.6 Å². The maximum absolute atomic E-state index is 12.5. The first-order chi connectivity index (χ1) is 9.61. The fourth-order valence-electron chi connectivity index (χ4n) is 1.96. The Balaban J connectivity index is 2.34. The van der Waals surface area contributed by atoms with Gasteiger partial charge in [-0.25, -0.2) is 0 Å². The minimum Gasteiger partial charge on any atom is -0.495 e. The maximum Gasteiger partial charge on any atom is 0.267 e. The van der Waals surface area contributed by atoms with E-state index in [-0.39, 0.29) is 5.56 Å². The number of rotatable bonds is 2. The standard InChI is InChI=1S/C13H9ClN2O2S2/c1-18-10-6-7(2-3-9(10)14)16-12(17)8-4-5-20-11(8)15-13(16)19/h2-6H,1H3,(H,15,19). The molecule has 2 aromatic heterocycles. The van der Waals surface area contributed by atoms with Crippen LogP contribution in [0.5, 0.6) is 5.75 Å². The lowest BCUT2D eigenvalue weighted by Gasteiger charge is -2.09. The molecule has 0 atom stereocenters. The highest BCUT2D eigenvalue weighted by atomic mass is 35.5. The lowest BCUT2D eigenvalue weighted by atomic mass is 10.3. The molecule has 1 N–H and O–H groups in total. The molecule has 7 heteroatoms. The number of fused-ring (bicyclic) bond motifs is 1. The SMILES string of the molecule is COc1cc(-n2c(=S)[nH]c3sccc3c2=O)ccc1Cl. The number of thiophene rings is 1. The summed E-state index contributed by atoms with van der Waals surface area (Å²) in [5.74, 6) is 0.496. The van der Waals surface area contributed by atoms with Crippen molar-refractivity contribution >= 4 is 45.4 Å². The monoisotopic (exact) mass is 324 g/mol. The number of H-pyrrole nitrogens is 1. The predicted molar refractivity (Wildman–Crippen MR) is 84.2 cm³/mol. The average Bonchev–Trinajstić information content (AvgIpc) is 2.89. The Morgan fingerprint density at radius 1 is 1.40 bits per heavy atom. The van der Waals surface area contributed by atoms with Gasteiger partial charge in [0.05, 0.1) is 23.2 Å². The Morgan fingerprint density at radius 2 is 2.20 bits per heavy atom. The summed E-state index contributed by atoms with van der Waals surface area (Å²) >= 11 is 12.7. The van der Waals surface area contributed by atoms with Gasteiger partial charge in [0.2, 0.25) is 0 Å². The number of ether oxygens (including phenoxy) is 1. The highest BCUT2D eigenvalue weighted by Crippen LogP contribution is 2.26. The molecule has 0 bridgehead atoms. The smallest absolute Gasteiger partial charge is 0.267 e.